The highest BCUT2D eigenvalue weighted by Gasteiger charge is 2.34. The molecule has 0 unspecified atom stereocenters. The van der Waals surface area contributed by atoms with Crippen LogP contribution in [0.5, 0.6) is 0 Å². The monoisotopic (exact) mass is 334 g/mol. The van der Waals surface area contributed by atoms with Crippen molar-refractivity contribution in [2.24, 2.45) is 11.8 Å². The Labute approximate surface area is 146 Å². The van der Waals surface area contributed by atoms with Gasteiger partial charge in [0, 0.05) is 35.1 Å². The number of thioether (sulfide) groups is 1. The van der Waals surface area contributed by atoms with Gasteiger partial charge in [0.25, 0.3) is 0 Å². The normalized spacial score (nSPS) is 35.2. The van der Waals surface area contributed by atoms with Crippen LogP contribution in [-0.2, 0) is 6.54 Å². The van der Waals surface area contributed by atoms with Crippen molar-refractivity contribution in [1.82, 2.24) is 0 Å². The Balaban J connectivity index is 1.48. The number of hydrogen-bond acceptors (Lipinski definition) is 1. The summed E-state index contributed by atoms with van der Waals surface area (Å²) < 4.78 is 0. The SMILES string of the molecule is CSc1ccc(C[NH+]2CCC([NH+]3C[C@H](C)C[C@@H](C)C3)CC2)cc1. The van der Waals surface area contributed by atoms with Gasteiger partial charge in [-0.15, -0.1) is 11.8 Å². The van der Waals surface area contributed by atoms with Crippen molar-refractivity contribution in [2.75, 3.05) is 32.4 Å². The maximum atomic E-state index is 2.45. The Morgan fingerprint density at radius 1 is 1.00 bits per heavy atom. The first-order valence-electron chi connectivity index (χ1n) is 9.45. The Kier molecular flexibility index (Phi) is 6.06. The van der Waals surface area contributed by atoms with Gasteiger partial charge in [0.2, 0.25) is 0 Å². The number of nitrogens with one attached hydrogen (secondary N) is 2. The molecule has 23 heavy (non-hydrogen) atoms. The number of hydrogen-bond donors (Lipinski definition) is 2. The first kappa shape index (κ1) is 17.3. The summed E-state index contributed by atoms with van der Waals surface area (Å²) in [5.41, 5.74) is 1.50. The van der Waals surface area contributed by atoms with E-state index in [4.69, 9.17) is 0 Å². The summed E-state index contributed by atoms with van der Waals surface area (Å²) in [4.78, 5) is 5.08. The molecule has 2 aliphatic heterocycles. The number of benzene rings is 1. The lowest BCUT2D eigenvalue weighted by Crippen LogP contribution is -3.21. The van der Waals surface area contributed by atoms with Crippen molar-refractivity contribution >= 4 is 11.8 Å². The molecule has 0 radical (unpaired) electrons. The molecule has 0 amide bonds. The molecular weight excluding hydrogens is 300 g/mol. The molecular formula is C20H34N2S+2. The number of likely N-dealkylation sites (tertiary alicyclic amines) is 2. The van der Waals surface area contributed by atoms with E-state index in [2.05, 4.69) is 44.4 Å². The number of piperidine rings is 2. The minimum Gasteiger partial charge on any atom is -0.332 e. The van der Waals surface area contributed by atoms with Gasteiger partial charge in [-0.2, -0.15) is 0 Å². The van der Waals surface area contributed by atoms with Crippen LogP contribution in [-0.4, -0.2) is 38.5 Å². The number of rotatable bonds is 4. The van der Waals surface area contributed by atoms with Crippen LogP contribution in [0, 0.1) is 11.8 Å². The van der Waals surface area contributed by atoms with Crippen molar-refractivity contribution in [3.05, 3.63) is 29.8 Å². The molecule has 0 aliphatic carbocycles. The van der Waals surface area contributed by atoms with Crippen molar-refractivity contribution in [3.63, 3.8) is 0 Å². The van der Waals surface area contributed by atoms with E-state index in [0.29, 0.717) is 0 Å². The van der Waals surface area contributed by atoms with Gasteiger partial charge in [0.1, 0.15) is 6.54 Å². The molecule has 2 N–H and O–H groups in total. The molecule has 1 aromatic rings. The second-order valence-corrected chi connectivity index (χ2v) is 8.94. The fourth-order valence-corrected chi connectivity index (χ4v) is 5.22. The molecule has 2 fully saturated rings. The van der Waals surface area contributed by atoms with Crippen LogP contribution in [0.25, 0.3) is 0 Å². The Hall–Kier alpha value is -0.510. The summed E-state index contributed by atoms with van der Waals surface area (Å²) in [7, 11) is 0. The first-order chi connectivity index (χ1) is 11.1. The molecule has 0 aromatic heterocycles. The smallest absolute Gasteiger partial charge is 0.103 e. The predicted octanol–water partition coefficient (Wildman–Crippen LogP) is 1.52. The second kappa shape index (κ2) is 8.04. The average molecular weight is 335 g/mol. The van der Waals surface area contributed by atoms with E-state index < -0.39 is 0 Å². The van der Waals surface area contributed by atoms with E-state index in [1.807, 2.05) is 16.7 Å². The fourth-order valence-electron chi connectivity index (χ4n) is 4.81. The van der Waals surface area contributed by atoms with Crippen LogP contribution >= 0.6 is 11.8 Å². The van der Waals surface area contributed by atoms with E-state index in [9.17, 15) is 0 Å². The molecule has 2 aliphatic rings. The molecule has 3 heteroatoms. The van der Waals surface area contributed by atoms with Gasteiger partial charge in [-0.05, 0) is 24.8 Å². The van der Waals surface area contributed by atoms with Gasteiger partial charge in [-0.1, -0.05) is 26.0 Å². The first-order valence-corrected chi connectivity index (χ1v) is 10.7. The molecule has 1 aromatic carbocycles. The van der Waals surface area contributed by atoms with E-state index in [0.717, 1.165) is 17.9 Å². The van der Waals surface area contributed by atoms with Crippen molar-refractivity contribution in [1.29, 1.82) is 0 Å². The average Bonchev–Trinajstić information content (AvgIpc) is 2.55. The summed E-state index contributed by atoms with van der Waals surface area (Å²) >= 11 is 1.83. The van der Waals surface area contributed by atoms with Gasteiger partial charge in [-0.3, -0.25) is 0 Å². The molecule has 2 saturated heterocycles. The molecule has 0 spiro atoms. The predicted molar refractivity (Wildman–Crippen MR) is 99.3 cm³/mol. The minimum absolute atomic E-state index is 0.925. The Morgan fingerprint density at radius 2 is 1.61 bits per heavy atom. The van der Waals surface area contributed by atoms with Crippen molar-refractivity contribution in [3.8, 4) is 0 Å². The zero-order valence-corrected chi connectivity index (χ0v) is 15.9. The van der Waals surface area contributed by atoms with Crippen LogP contribution in [0.1, 0.15) is 38.7 Å². The molecule has 0 bridgehead atoms. The summed E-state index contributed by atoms with van der Waals surface area (Å²) in [5.74, 6) is 1.85. The maximum Gasteiger partial charge on any atom is 0.103 e. The molecule has 3 rings (SSSR count). The molecule has 2 atom stereocenters. The van der Waals surface area contributed by atoms with Gasteiger partial charge in [0.15, 0.2) is 0 Å². The van der Waals surface area contributed by atoms with Crippen LogP contribution in [0.4, 0.5) is 0 Å². The fraction of sp³-hybridized carbons (Fsp3) is 0.700. The lowest BCUT2D eigenvalue weighted by atomic mass is 9.89. The van der Waals surface area contributed by atoms with Gasteiger partial charge < -0.3 is 9.80 Å². The van der Waals surface area contributed by atoms with Gasteiger partial charge in [0.05, 0.1) is 32.2 Å². The van der Waals surface area contributed by atoms with E-state index >= 15 is 0 Å². The standard InChI is InChI=1S/C20H32N2S/c1-16-12-17(2)14-22(13-16)19-8-10-21(11-9-19)15-18-4-6-20(23-3)7-5-18/h4-7,16-17,19H,8-15H2,1-3H3/p+2/t16-,17-/m1/s1. The van der Waals surface area contributed by atoms with E-state index in [1.54, 1.807) is 4.90 Å². The zero-order chi connectivity index (χ0) is 16.2. The maximum absolute atomic E-state index is 2.45. The van der Waals surface area contributed by atoms with Gasteiger partial charge in [-0.25, -0.2) is 0 Å². The quantitative estimate of drug-likeness (QED) is 0.794. The summed E-state index contributed by atoms with van der Waals surface area (Å²) in [6.07, 6.45) is 6.44. The second-order valence-electron chi connectivity index (χ2n) is 8.06. The highest BCUT2D eigenvalue weighted by atomic mass is 32.2. The topological polar surface area (TPSA) is 8.88 Å². The zero-order valence-electron chi connectivity index (χ0n) is 15.1. The minimum atomic E-state index is 0.925. The van der Waals surface area contributed by atoms with E-state index in [1.165, 1.54) is 62.4 Å². The lowest BCUT2D eigenvalue weighted by Gasteiger charge is -2.39. The molecule has 2 heterocycles. The third kappa shape index (κ3) is 4.74. The summed E-state index contributed by atoms with van der Waals surface area (Å²) in [6.45, 7) is 11.7. The lowest BCUT2D eigenvalue weighted by molar-refractivity contribution is -0.969. The van der Waals surface area contributed by atoms with Crippen LogP contribution in [0.15, 0.2) is 29.2 Å². The highest BCUT2D eigenvalue weighted by Crippen LogP contribution is 2.15. The molecule has 128 valence electrons. The Bertz CT molecular complexity index is 469. The third-order valence-electron chi connectivity index (χ3n) is 5.91. The van der Waals surface area contributed by atoms with Crippen LogP contribution in [0.2, 0.25) is 0 Å². The van der Waals surface area contributed by atoms with Crippen LogP contribution < -0.4 is 9.80 Å². The van der Waals surface area contributed by atoms with E-state index in [-0.39, 0.29) is 0 Å². The largest absolute Gasteiger partial charge is 0.332 e. The Morgan fingerprint density at radius 3 is 2.17 bits per heavy atom. The van der Waals surface area contributed by atoms with Gasteiger partial charge >= 0.3 is 0 Å². The molecule has 0 saturated carbocycles. The summed E-state index contributed by atoms with van der Waals surface area (Å²) in [6, 6.07) is 10.1. The molecule has 2 nitrogen and oxygen atoms in total. The highest BCUT2D eigenvalue weighted by molar-refractivity contribution is 7.98. The van der Waals surface area contributed by atoms with Crippen molar-refractivity contribution < 1.29 is 9.80 Å². The van der Waals surface area contributed by atoms with Crippen molar-refractivity contribution in [2.45, 2.75) is 50.6 Å². The number of quaternary nitrogens is 2. The van der Waals surface area contributed by atoms with Crippen LogP contribution in [0.3, 0.4) is 0 Å². The third-order valence-corrected chi connectivity index (χ3v) is 6.65. The summed E-state index contributed by atoms with van der Waals surface area (Å²) in [5, 5.41) is 0.